The van der Waals surface area contributed by atoms with Gasteiger partial charge in [0.05, 0.1) is 10.0 Å². The van der Waals surface area contributed by atoms with Crippen LogP contribution in [0.5, 0.6) is 5.75 Å². The number of nitrogens with zero attached hydrogens (tertiary/aromatic N) is 1. The summed E-state index contributed by atoms with van der Waals surface area (Å²) in [6, 6.07) is 9.94. The van der Waals surface area contributed by atoms with E-state index < -0.39 is 17.6 Å². The fraction of sp³-hybridized carbons (Fsp3) is 0.176. The molecule has 0 fully saturated rings. The van der Waals surface area contributed by atoms with Gasteiger partial charge in [-0.15, -0.1) is 0 Å². The molecular formula is C17H15Cl2FN2O3. The Morgan fingerprint density at radius 2 is 1.76 bits per heavy atom. The van der Waals surface area contributed by atoms with Crippen LogP contribution in [0.25, 0.3) is 0 Å². The lowest BCUT2D eigenvalue weighted by Crippen LogP contribution is -2.37. The van der Waals surface area contributed by atoms with Crippen molar-refractivity contribution in [1.29, 1.82) is 0 Å². The Morgan fingerprint density at radius 3 is 2.36 bits per heavy atom. The van der Waals surface area contributed by atoms with Crippen LogP contribution in [0.3, 0.4) is 0 Å². The molecule has 0 saturated heterocycles. The van der Waals surface area contributed by atoms with Gasteiger partial charge in [-0.25, -0.2) is 4.39 Å². The summed E-state index contributed by atoms with van der Waals surface area (Å²) >= 11 is 11.7. The lowest BCUT2D eigenvalue weighted by Gasteiger charge is -2.22. The molecule has 0 heterocycles. The Balaban J connectivity index is 2.09. The predicted octanol–water partition coefficient (Wildman–Crippen LogP) is 3.42. The molecule has 2 amide bonds. The van der Waals surface area contributed by atoms with Crippen LogP contribution < -0.4 is 15.4 Å². The molecule has 2 aromatic carbocycles. The van der Waals surface area contributed by atoms with Crippen molar-refractivity contribution in [3.8, 4) is 5.75 Å². The standard InChI is InChI=1S/C17H15Cl2FN2O3/c18-14-6-5-13(9-15(14)19)25-10-17(24)22(8-7-16(21)23)12-3-1-11(20)2-4-12/h1-6,9H,7-8,10H2,(H2,21,23). The van der Waals surface area contributed by atoms with Gasteiger partial charge in [0, 0.05) is 24.7 Å². The van der Waals surface area contributed by atoms with Crippen LogP contribution in [0.15, 0.2) is 42.5 Å². The Kier molecular flexibility index (Phi) is 6.61. The highest BCUT2D eigenvalue weighted by Gasteiger charge is 2.17. The molecule has 0 unspecified atom stereocenters. The number of anilines is 1. The summed E-state index contributed by atoms with van der Waals surface area (Å²) in [6.45, 7) is -0.237. The smallest absolute Gasteiger partial charge is 0.264 e. The molecule has 0 spiro atoms. The number of hydrogen-bond acceptors (Lipinski definition) is 3. The first-order chi connectivity index (χ1) is 11.9. The van der Waals surface area contributed by atoms with Crippen molar-refractivity contribution in [3.05, 3.63) is 58.3 Å². The molecule has 8 heteroatoms. The molecule has 2 N–H and O–H groups in total. The van der Waals surface area contributed by atoms with E-state index in [1.54, 1.807) is 12.1 Å². The summed E-state index contributed by atoms with van der Waals surface area (Å²) in [5, 5.41) is 0.672. The van der Waals surface area contributed by atoms with Crippen molar-refractivity contribution in [2.75, 3.05) is 18.1 Å². The Morgan fingerprint density at radius 1 is 1.08 bits per heavy atom. The first-order valence-corrected chi connectivity index (χ1v) is 8.04. The Hall–Kier alpha value is -2.31. The summed E-state index contributed by atoms with van der Waals surface area (Å²) in [7, 11) is 0. The largest absolute Gasteiger partial charge is 0.484 e. The zero-order valence-corrected chi connectivity index (χ0v) is 14.6. The summed E-state index contributed by atoms with van der Waals surface area (Å²) in [5.41, 5.74) is 5.58. The number of carbonyl (C=O) groups is 2. The van der Waals surface area contributed by atoms with Crippen molar-refractivity contribution in [2.45, 2.75) is 6.42 Å². The van der Waals surface area contributed by atoms with E-state index in [9.17, 15) is 14.0 Å². The van der Waals surface area contributed by atoms with E-state index in [0.29, 0.717) is 21.5 Å². The lowest BCUT2D eigenvalue weighted by molar-refractivity contribution is -0.120. The van der Waals surface area contributed by atoms with Crippen LogP contribution in [0.2, 0.25) is 10.0 Å². The summed E-state index contributed by atoms with van der Waals surface area (Å²) < 4.78 is 18.5. The highest BCUT2D eigenvalue weighted by atomic mass is 35.5. The van der Waals surface area contributed by atoms with Gasteiger partial charge >= 0.3 is 0 Å². The molecule has 0 aliphatic carbocycles. The molecule has 0 radical (unpaired) electrons. The minimum absolute atomic E-state index is 0.0319. The minimum atomic E-state index is -0.551. The van der Waals surface area contributed by atoms with E-state index in [1.807, 2.05) is 0 Å². The molecule has 2 aromatic rings. The topological polar surface area (TPSA) is 72.6 Å². The van der Waals surface area contributed by atoms with Crippen LogP contribution in [-0.2, 0) is 9.59 Å². The van der Waals surface area contributed by atoms with Crippen LogP contribution >= 0.6 is 23.2 Å². The molecule has 0 saturated carbocycles. The second-order valence-electron chi connectivity index (χ2n) is 5.10. The first-order valence-electron chi connectivity index (χ1n) is 7.29. The number of halogens is 3. The normalized spacial score (nSPS) is 10.4. The molecule has 0 atom stereocenters. The van der Waals surface area contributed by atoms with Gasteiger partial charge in [0.25, 0.3) is 5.91 Å². The maximum Gasteiger partial charge on any atom is 0.264 e. The molecule has 0 aliphatic rings. The molecule has 0 bridgehead atoms. The van der Waals surface area contributed by atoms with E-state index in [-0.39, 0.29) is 19.6 Å². The van der Waals surface area contributed by atoms with Crippen LogP contribution in [-0.4, -0.2) is 25.0 Å². The number of carbonyl (C=O) groups excluding carboxylic acids is 2. The van der Waals surface area contributed by atoms with Gasteiger partial charge in [0.2, 0.25) is 5.91 Å². The first kappa shape index (κ1) is 19.0. The number of benzene rings is 2. The molecule has 132 valence electrons. The van der Waals surface area contributed by atoms with E-state index in [2.05, 4.69) is 0 Å². The number of ether oxygens (including phenoxy) is 1. The number of primary amides is 1. The number of amides is 2. The average Bonchev–Trinajstić information content (AvgIpc) is 2.57. The molecule has 0 aliphatic heterocycles. The maximum atomic E-state index is 13.1. The zero-order chi connectivity index (χ0) is 18.4. The van der Waals surface area contributed by atoms with Gasteiger partial charge in [-0.1, -0.05) is 23.2 Å². The quantitative estimate of drug-likeness (QED) is 0.794. The Bertz CT molecular complexity index is 769. The number of nitrogens with two attached hydrogens (primary N) is 1. The third-order valence-corrected chi connectivity index (χ3v) is 4.01. The van der Waals surface area contributed by atoms with Gasteiger partial charge in [0.1, 0.15) is 11.6 Å². The molecular weight excluding hydrogens is 370 g/mol. The fourth-order valence-electron chi connectivity index (χ4n) is 2.03. The third-order valence-electron chi connectivity index (χ3n) is 3.27. The van der Waals surface area contributed by atoms with Gasteiger partial charge in [0.15, 0.2) is 6.61 Å². The predicted molar refractivity (Wildman–Crippen MR) is 94.5 cm³/mol. The monoisotopic (exact) mass is 384 g/mol. The lowest BCUT2D eigenvalue weighted by atomic mass is 10.2. The maximum absolute atomic E-state index is 13.1. The van der Waals surface area contributed by atoms with Crippen molar-refractivity contribution in [1.82, 2.24) is 0 Å². The van der Waals surface area contributed by atoms with Crippen molar-refractivity contribution < 1.29 is 18.7 Å². The van der Waals surface area contributed by atoms with Crippen molar-refractivity contribution in [2.24, 2.45) is 5.73 Å². The summed E-state index contributed by atoms with van der Waals surface area (Å²) in [5.74, 6) is -1.03. The van der Waals surface area contributed by atoms with Crippen LogP contribution in [0.1, 0.15) is 6.42 Å². The fourth-order valence-corrected chi connectivity index (χ4v) is 2.32. The average molecular weight is 385 g/mol. The second kappa shape index (κ2) is 8.69. The highest BCUT2D eigenvalue weighted by Crippen LogP contribution is 2.26. The van der Waals surface area contributed by atoms with E-state index >= 15 is 0 Å². The summed E-state index contributed by atoms with van der Waals surface area (Å²) in [4.78, 5) is 24.8. The molecule has 0 aromatic heterocycles. The molecule has 2 rings (SSSR count). The Labute approximate surface area is 154 Å². The van der Waals surface area contributed by atoms with Gasteiger partial charge in [-0.05, 0) is 36.4 Å². The molecule has 25 heavy (non-hydrogen) atoms. The van der Waals surface area contributed by atoms with Crippen LogP contribution in [0.4, 0.5) is 10.1 Å². The highest BCUT2D eigenvalue weighted by molar-refractivity contribution is 6.42. The molecule has 5 nitrogen and oxygen atoms in total. The van der Waals surface area contributed by atoms with Gasteiger partial charge in [-0.3, -0.25) is 9.59 Å². The SMILES string of the molecule is NC(=O)CCN(C(=O)COc1ccc(Cl)c(Cl)c1)c1ccc(F)cc1. The van der Waals surface area contributed by atoms with E-state index in [0.717, 1.165) is 0 Å². The van der Waals surface area contributed by atoms with Crippen molar-refractivity contribution >= 4 is 40.7 Å². The minimum Gasteiger partial charge on any atom is -0.484 e. The summed E-state index contributed by atoms with van der Waals surface area (Å²) in [6.07, 6.45) is -0.0319. The van der Waals surface area contributed by atoms with Crippen LogP contribution in [0, 0.1) is 5.82 Å². The number of hydrogen-bond donors (Lipinski definition) is 1. The second-order valence-corrected chi connectivity index (χ2v) is 5.92. The zero-order valence-electron chi connectivity index (χ0n) is 13.0. The third kappa shape index (κ3) is 5.62. The van der Waals surface area contributed by atoms with Gasteiger partial charge in [-0.2, -0.15) is 0 Å². The van der Waals surface area contributed by atoms with Gasteiger partial charge < -0.3 is 15.4 Å². The number of rotatable bonds is 7. The van der Waals surface area contributed by atoms with Crippen molar-refractivity contribution in [3.63, 3.8) is 0 Å². The van der Waals surface area contributed by atoms with E-state index in [1.165, 1.54) is 35.2 Å². The van der Waals surface area contributed by atoms with E-state index in [4.69, 9.17) is 33.7 Å².